The maximum Gasteiger partial charge on any atom is 0.414 e. The van der Waals surface area contributed by atoms with Gasteiger partial charge in [-0.1, -0.05) is 24.3 Å². The molecule has 0 saturated carbocycles. The van der Waals surface area contributed by atoms with E-state index in [0.717, 1.165) is 24.1 Å². The third-order valence-corrected chi connectivity index (χ3v) is 4.83. The molecule has 5 nitrogen and oxygen atoms in total. The van der Waals surface area contributed by atoms with E-state index < -0.39 is 6.09 Å². The van der Waals surface area contributed by atoms with Gasteiger partial charge in [-0.25, -0.2) is 9.18 Å². The van der Waals surface area contributed by atoms with Crippen LogP contribution in [0.5, 0.6) is 5.75 Å². The summed E-state index contributed by atoms with van der Waals surface area (Å²) < 4.78 is 19.0. The smallest absolute Gasteiger partial charge is 0.414 e. The maximum absolute atomic E-state index is 13.8. The van der Waals surface area contributed by atoms with E-state index in [0.29, 0.717) is 25.4 Å². The second-order valence-corrected chi connectivity index (χ2v) is 6.50. The fourth-order valence-corrected chi connectivity index (χ4v) is 3.54. The number of para-hydroxylation sites is 1. The van der Waals surface area contributed by atoms with Crippen LogP contribution < -0.4 is 4.90 Å². The minimum absolute atomic E-state index is 0.0970. The van der Waals surface area contributed by atoms with Crippen molar-refractivity contribution < 1.29 is 19.0 Å². The number of amides is 1. The molecule has 2 heterocycles. The molecule has 4 rings (SSSR count). The van der Waals surface area contributed by atoms with Crippen molar-refractivity contribution in [1.82, 2.24) is 4.90 Å². The molecule has 1 saturated heterocycles. The Hall–Kier alpha value is -2.60. The SMILES string of the molecule is O=C1OC[C@@H]2CCN(Cc3ccccc3O)Cc3ccc(F)cc3N12. The molecule has 6 heteroatoms. The summed E-state index contributed by atoms with van der Waals surface area (Å²) in [4.78, 5) is 15.9. The van der Waals surface area contributed by atoms with Crippen molar-refractivity contribution in [2.45, 2.75) is 25.6 Å². The van der Waals surface area contributed by atoms with Gasteiger partial charge < -0.3 is 9.84 Å². The zero-order chi connectivity index (χ0) is 17.4. The molecular weight excluding hydrogens is 323 g/mol. The molecule has 0 bridgehead atoms. The molecule has 0 spiro atoms. The molecule has 0 radical (unpaired) electrons. The molecule has 2 aromatic carbocycles. The number of cyclic esters (lactones) is 1. The number of nitrogens with zero attached hydrogens (tertiary/aromatic N) is 2. The van der Waals surface area contributed by atoms with Gasteiger partial charge in [-0.3, -0.25) is 9.80 Å². The van der Waals surface area contributed by atoms with Crippen LogP contribution >= 0.6 is 0 Å². The lowest BCUT2D eigenvalue weighted by Crippen LogP contribution is -2.40. The molecule has 0 aromatic heterocycles. The first-order valence-electron chi connectivity index (χ1n) is 8.35. The lowest BCUT2D eigenvalue weighted by atomic mass is 10.0. The summed E-state index contributed by atoms with van der Waals surface area (Å²) in [6, 6.07) is 11.7. The lowest BCUT2D eigenvalue weighted by molar-refractivity contribution is 0.177. The number of phenols is 1. The Morgan fingerprint density at radius 1 is 1.24 bits per heavy atom. The van der Waals surface area contributed by atoms with Crippen molar-refractivity contribution in [3.63, 3.8) is 0 Å². The fourth-order valence-electron chi connectivity index (χ4n) is 3.54. The molecular formula is C19H19FN2O3. The minimum Gasteiger partial charge on any atom is -0.508 e. The number of benzene rings is 2. The van der Waals surface area contributed by atoms with Crippen LogP contribution in [0.15, 0.2) is 42.5 Å². The molecule has 1 N–H and O–H groups in total. The highest BCUT2D eigenvalue weighted by molar-refractivity contribution is 5.91. The van der Waals surface area contributed by atoms with E-state index in [4.69, 9.17) is 4.74 Å². The highest BCUT2D eigenvalue weighted by Crippen LogP contribution is 2.33. The van der Waals surface area contributed by atoms with E-state index in [-0.39, 0.29) is 17.6 Å². The number of fused-ring (bicyclic) bond motifs is 3. The zero-order valence-corrected chi connectivity index (χ0v) is 13.7. The van der Waals surface area contributed by atoms with E-state index in [1.54, 1.807) is 23.1 Å². The molecule has 2 aliphatic rings. The Morgan fingerprint density at radius 3 is 2.92 bits per heavy atom. The van der Waals surface area contributed by atoms with Crippen LogP contribution in [0.2, 0.25) is 0 Å². The highest BCUT2D eigenvalue weighted by atomic mass is 19.1. The van der Waals surface area contributed by atoms with Crippen LogP contribution in [-0.4, -0.2) is 35.3 Å². The second kappa shape index (κ2) is 6.37. The van der Waals surface area contributed by atoms with Gasteiger partial charge in [0.2, 0.25) is 0 Å². The van der Waals surface area contributed by atoms with Crippen LogP contribution in [0, 0.1) is 5.82 Å². The number of aromatic hydroxyl groups is 1. The molecule has 1 amide bonds. The third kappa shape index (κ3) is 3.05. The largest absolute Gasteiger partial charge is 0.508 e. The first-order valence-corrected chi connectivity index (χ1v) is 8.35. The molecule has 25 heavy (non-hydrogen) atoms. The Kier molecular flexibility index (Phi) is 4.05. The summed E-state index contributed by atoms with van der Waals surface area (Å²) >= 11 is 0. The van der Waals surface area contributed by atoms with E-state index in [2.05, 4.69) is 4.90 Å². The standard InChI is InChI=1S/C19H19FN2O3/c20-15-6-5-13-10-21(11-14-3-1-2-4-18(14)23)8-7-16-12-25-19(24)22(16)17(13)9-15/h1-6,9,16,23H,7-8,10-12H2/t16-/m0/s1. The summed E-state index contributed by atoms with van der Waals surface area (Å²) in [5.41, 5.74) is 2.30. The monoisotopic (exact) mass is 342 g/mol. The van der Waals surface area contributed by atoms with E-state index in [1.807, 2.05) is 12.1 Å². The average molecular weight is 342 g/mol. The number of ether oxygens (including phenoxy) is 1. The fraction of sp³-hybridized carbons (Fsp3) is 0.316. The van der Waals surface area contributed by atoms with Gasteiger partial charge in [0.15, 0.2) is 0 Å². The van der Waals surface area contributed by atoms with Crippen LogP contribution in [0.25, 0.3) is 0 Å². The Morgan fingerprint density at radius 2 is 2.08 bits per heavy atom. The van der Waals surface area contributed by atoms with Gasteiger partial charge in [0.25, 0.3) is 0 Å². The number of hydrogen-bond acceptors (Lipinski definition) is 4. The number of carbonyl (C=O) groups is 1. The van der Waals surface area contributed by atoms with Crippen LogP contribution in [-0.2, 0) is 17.8 Å². The summed E-state index contributed by atoms with van der Waals surface area (Å²) in [5.74, 6) is -0.102. The molecule has 2 aromatic rings. The number of halogens is 1. The number of phenolic OH excluding ortho intramolecular Hbond substituents is 1. The normalized spacial score (nSPS) is 20.4. The quantitative estimate of drug-likeness (QED) is 0.910. The van der Waals surface area contributed by atoms with Crippen LogP contribution in [0.4, 0.5) is 14.9 Å². The molecule has 1 fully saturated rings. The molecule has 1 atom stereocenters. The second-order valence-electron chi connectivity index (χ2n) is 6.50. The average Bonchev–Trinajstić information content (AvgIpc) is 2.94. The molecule has 130 valence electrons. The van der Waals surface area contributed by atoms with Crippen molar-refractivity contribution in [3.8, 4) is 5.75 Å². The van der Waals surface area contributed by atoms with Gasteiger partial charge in [-0.05, 0) is 30.2 Å². The van der Waals surface area contributed by atoms with Gasteiger partial charge in [0, 0.05) is 25.2 Å². The maximum atomic E-state index is 13.8. The highest BCUT2D eigenvalue weighted by Gasteiger charge is 2.37. The van der Waals surface area contributed by atoms with Gasteiger partial charge >= 0.3 is 6.09 Å². The summed E-state index contributed by atoms with van der Waals surface area (Å²) in [5, 5.41) is 10.0. The van der Waals surface area contributed by atoms with Crippen molar-refractivity contribution in [3.05, 3.63) is 59.4 Å². The van der Waals surface area contributed by atoms with Gasteiger partial charge in [-0.15, -0.1) is 0 Å². The van der Waals surface area contributed by atoms with Gasteiger partial charge in [-0.2, -0.15) is 0 Å². The topological polar surface area (TPSA) is 53.0 Å². The van der Waals surface area contributed by atoms with E-state index >= 15 is 0 Å². The van der Waals surface area contributed by atoms with Crippen LogP contribution in [0.3, 0.4) is 0 Å². The number of carbonyl (C=O) groups excluding carboxylic acids is 1. The Bertz CT molecular complexity index is 811. The van der Waals surface area contributed by atoms with Crippen molar-refractivity contribution in [1.29, 1.82) is 0 Å². The number of rotatable bonds is 2. The first-order chi connectivity index (χ1) is 12.1. The lowest BCUT2D eigenvalue weighted by Gasteiger charge is -2.32. The van der Waals surface area contributed by atoms with Crippen LogP contribution in [0.1, 0.15) is 17.5 Å². The summed E-state index contributed by atoms with van der Waals surface area (Å²) in [6.07, 6.45) is 0.320. The van der Waals surface area contributed by atoms with Gasteiger partial charge in [0.05, 0.1) is 11.7 Å². The number of hydrogen-bond donors (Lipinski definition) is 1. The van der Waals surface area contributed by atoms with E-state index in [9.17, 15) is 14.3 Å². The Labute approximate surface area is 145 Å². The van der Waals surface area contributed by atoms with Crippen molar-refractivity contribution in [2.75, 3.05) is 18.1 Å². The van der Waals surface area contributed by atoms with E-state index in [1.165, 1.54) is 12.1 Å². The minimum atomic E-state index is -0.411. The Balaban J connectivity index is 1.67. The molecule has 0 aliphatic carbocycles. The van der Waals surface area contributed by atoms with Gasteiger partial charge in [0.1, 0.15) is 18.2 Å². The summed E-state index contributed by atoms with van der Waals surface area (Å²) in [7, 11) is 0. The third-order valence-electron chi connectivity index (χ3n) is 4.83. The molecule has 2 aliphatic heterocycles. The first kappa shape index (κ1) is 15.9. The van der Waals surface area contributed by atoms with Crippen molar-refractivity contribution in [2.24, 2.45) is 0 Å². The van der Waals surface area contributed by atoms with Crippen molar-refractivity contribution >= 4 is 11.8 Å². The predicted molar refractivity (Wildman–Crippen MR) is 90.9 cm³/mol. The zero-order valence-electron chi connectivity index (χ0n) is 13.7. The number of anilines is 1. The molecule has 0 unspecified atom stereocenters. The summed E-state index contributed by atoms with van der Waals surface area (Å²) in [6.45, 7) is 2.23. The predicted octanol–water partition coefficient (Wildman–Crippen LogP) is 3.26.